The minimum Gasteiger partial charge on any atom is -0.393 e. The second kappa shape index (κ2) is 2.01. The van der Waals surface area contributed by atoms with Crippen LogP contribution in [0.5, 0.6) is 0 Å². The molecule has 0 amide bonds. The van der Waals surface area contributed by atoms with Crippen molar-refractivity contribution in [1.29, 1.82) is 0 Å². The van der Waals surface area contributed by atoms with Crippen molar-refractivity contribution in [3.63, 3.8) is 0 Å². The van der Waals surface area contributed by atoms with E-state index in [0.29, 0.717) is 17.3 Å². The van der Waals surface area contributed by atoms with Crippen molar-refractivity contribution < 1.29 is 5.11 Å². The summed E-state index contributed by atoms with van der Waals surface area (Å²) >= 11 is 0. The summed E-state index contributed by atoms with van der Waals surface area (Å²) in [4.78, 5) is 0. The van der Waals surface area contributed by atoms with E-state index in [-0.39, 0.29) is 6.10 Å². The summed E-state index contributed by atoms with van der Waals surface area (Å²) in [7, 11) is 0. The molecule has 1 N–H and O–H groups in total. The molecule has 1 nitrogen and oxygen atoms in total. The van der Waals surface area contributed by atoms with E-state index in [1.54, 1.807) is 0 Å². The molecule has 0 aromatic heterocycles. The van der Waals surface area contributed by atoms with Crippen molar-refractivity contribution in [2.45, 2.75) is 39.7 Å². The van der Waals surface area contributed by atoms with Crippen LogP contribution in [-0.4, -0.2) is 11.2 Å². The zero-order valence-electron chi connectivity index (χ0n) is 7.67. The third-order valence-corrected chi connectivity index (χ3v) is 4.29. The molecule has 0 unspecified atom stereocenters. The van der Waals surface area contributed by atoms with E-state index in [2.05, 4.69) is 20.8 Å². The van der Waals surface area contributed by atoms with Gasteiger partial charge in [0.2, 0.25) is 0 Å². The lowest BCUT2D eigenvalue weighted by atomic mass is 9.80. The van der Waals surface area contributed by atoms with Crippen LogP contribution in [0.25, 0.3) is 0 Å². The third-order valence-electron chi connectivity index (χ3n) is 4.29. The predicted molar refractivity (Wildman–Crippen MR) is 45.2 cm³/mol. The number of hydrogen-bond donors (Lipinski definition) is 1. The highest BCUT2D eigenvalue weighted by molar-refractivity contribution is 5.05. The summed E-state index contributed by atoms with van der Waals surface area (Å²) in [5.41, 5.74) is 0.416. The highest BCUT2D eigenvalue weighted by atomic mass is 16.3. The van der Waals surface area contributed by atoms with Gasteiger partial charge in [-0.05, 0) is 36.0 Å². The quantitative estimate of drug-likeness (QED) is 0.566. The minimum absolute atomic E-state index is 0.0104. The first-order chi connectivity index (χ1) is 5.05. The second-order valence-electron chi connectivity index (χ2n) is 4.96. The van der Waals surface area contributed by atoms with Crippen molar-refractivity contribution in [2.75, 3.05) is 0 Å². The third kappa shape index (κ3) is 0.752. The largest absolute Gasteiger partial charge is 0.393 e. The molecule has 2 aliphatic carbocycles. The van der Waals surface area contributed by atoms with Crippen LogP contribution < -0.4 is 0 Å². The molecular formula is C10H18O. The molecule has 64 valence electrons. The lowest BCUT2D eigenvalue weighted by Crippen LogP contribution is -2.25. The standard InChI is InChI=1S/C10H18O/c1-6-7-4-5-8(9(6)11)10(7,2)3/h6-9,11H,4-5H2,1-3H3/t6-,7-,8+,9+/m0/s1. The Labute approximate surface area is 68.8 Å². The van der Waals surface area contributed by atoms with Crippen LogP contribution in [0, 0.1) is 23.2 Å². The van der Waals surface area contributed by atoms with Gasteiger partial charge in [-0.1, -0.05) is 20.8 Å². The zero-order chi connectivity index (χ0) is 8.22. The lowest BCUT2D eigenvalue weighted by molar-refractivity contribution is 0.0620. The van der Waals surface area contributed by atoms with Crippen molar-refractivity contribution in [1.82, 2.24) is 0 Å². The molecule has 0 aromatic rings. The number of aliphatic hydroxyl groups is 1. The molecule has 1 heteroatoms. The van der Waals surface area contributed by atoms with Gasteiger partial charge in [-0.3, -0.25) is 0 Å². The fraction of sp³-hybridized carbons (Fsp3) is 1.00. The lowest BCUT2D eigenvalue weighted by Gasteiger charge is -2.24. The average Bonchev–Trinajstić information content (AvgIpc) is 2.27. The van der Waals surface area contributed by atoms with Gasteiger partial charge in [0.25, 0.3) is 0 Å². The molecule has 2 saturated carbocycles. The Morgan fingerprint density at radius 3 is 2.00 bits per heavy atom. The molecule has 2 aliphatic rings. The average molecular weight is 154 g/mol. The first kappa shape index (κ1) is 7.60. The molecule has 0 saturated heterocycles. The summed E-state index contributed by atoms with van der Waals surface area (Å²) in [5.74, 6) is 1.91. The van der Waals surface area contributed by atoms with Crippen LogP contribution in [0.4, 0.5) is 0 Å². The van der Waals surface area contributed by atoms with Gasteiger partial charge < -0.3 is 5.11 Å². The summed E-state index contributed by atoms with van der Waals surface area (Å²) < 4.78 is 0. The van der Waals surface area contributed by atoms with E-state index >= 15 is 0 Å². The Morgan fingerprint density at radius 1 is 1.18 bits per heavy atom. The summed E-state index contributed by atoms with van der Waals surface area (Å²) in [5, 5.41) is 9.82. The Balaban J connectivity index is 2.31. The Kier molecular flexibility index (Phi) is 1.39. The molecule has 0 aliphatic heterocycles. The van der Waals surface area contributed by atoms with Crippen LogP contribution in [0.2, 0.25) is 0 Å². The number of hydrogen-bond acceptors (Lipinski definition) is 1. The van der Waals surface area contributed by atoms with E-state index in [0.717, 1.165) is 5.92 Å². The van der Waals surface area contributed by atoms with E-state index in [1.165, 1.54) is 12.8 Å². The van der Waals surface area contributed by atoms with Gasteiger partial charge >= 0.3 is 0 Å². The number of rotatable bonds is 0. The van der Waals surface area contributed by atoms with Gasteiger partial charge in [-0.15, -0.1) is 0 Å². The van der Waals surface area contributed by atoms with E-state index in [9.17, 15) is 5.11 Å². The molecule has 2 bridgehead atoms. The van der Waals surface area contributed by atoms with Crippen LogP contribution in [-0.2, 0) is 0 Å². The molecule has 0 aromatic carbocycles. The molecule has 2 fully saturated rings. The van der Waals surface area contributed by atoms with Gasteiger partial charge in [-0.25, -0.2) is 0 Å². The summed E-state index contributed by atoms with van der Waals surface area (Å²) in [6.07, 6.45) is 2.59. The molecule has 4 atom stereocenters. The first-order valence-electron chi connectivity index (χ1n) is 4.73. The zero-order valence-corrected chi connectivity index (χ0v) is 7.67. The first-order valence-corrected chi connectivity index (χ1v) is 4.73. The monoisotopic (exact) mass is 154 g/mol. The van der Waals surface area contributed by atoms with E-state index in [1.807, 2.05) is 0 Å². The smallest absolute Gasteiger partial charge is 0.0601 e. The number of aliphatic hydroxyl groups excluding tert-OH is 1. The molecule has 0 spiro atoms. The number of fused-ring (bicyclic) bond motifs is 2. The Hall–Kier alpha value is -0.0400. The Bertz CT molecular complexity index is 156. The van der Waals surface area contributed by atoms with Gasteiger partial charge in [0.05, 0.1) is 6.10 Å². The normalized spacial score (nSPS) is 53.5. The van der Waals surface area contributed by atoms with E-state index in [4.69, 9.17) is 0 Å². The second-order valence-corrected chi connectivity index (χ2v) is 4.96. The fourth-order valence-electron chi connectivity index (χ4n) is 3.53. The van der Waals surface area contributed by atoms with Crippen molar-refractivity contribution >= 4 is 0 Å². The van der Waals surface area contributed by atoms with Gasteiger partial charge in [-0.2, -0.15) is 0 Å². The summed E-state index contributed by atoms with van der Waals surface area (Å²) in [6.45, 7) is 6.85. The van der Waals surface area contributed by atoms with Crippen LogP contribution in [0.1, 0.15) is 33.6 Å². The summed E-state index contributed by atoms with van der Waals surface area (Å²) in [6, 6.07) is 0. The molecular weight excluding hydrogens is 136 g/mol. The maximum Gasteiger partial charge on any atom is 0.0601 e. The molecule has 11 heavy (non-hydrogen) atoms. The minimum atomic E-state index is -0.0104. The Morgan fingerprint density at radius 2 is 1.73 bits per heavy atom. The molecule has 2 rings (SSSR count). The van der Waals surface area contributed by atoms with Crippen molar-refractivity contribution in [2.24, 2.45) is 23.2 Å². The highest BCUT2D eigenvalue weighted by Crippen LogP contribution is 2.59. The van der Waals surface area contributed by atoms with Gasteiger partial charge in [0, 0.05) is 0 Å². The maximum atomic E-state index is 9.82. The molecule has 0 heterocycles. The van der Waals surface area contributed by atoms with Crippen LogP contribution in [0.15, 0.2) is 0 Å². The predicted octanol–water partition coefficient (Wildman–Crippen LogP) is 2.05. The van der Waals surface area contributed by atoms with E-state index < -0.39 is 0 Å². The van der Waals surface area contributed by atoms with Crippen LogP contribution in [0.3, 0.4) is 0 Å². The maximum absolute atomic E-state index is 9.82. The highest BCUT2D eigenvalue weighted by Gasteiger charge is 2.56. The SMILES string of the molecule is C[C@@H]1[C@@H](O)[C@H]2CC[C@@H]1C2(C)C. The van der Waals surface area contributed by atoms with Crippen molar-refractivity contribution in [3.8, 4) is 0 Å². The molecule has 0 radical (unpaired) electrons. The van der Waals surface area contributed by atoms with Gasteiger partial charge in [0.1, 0.15) is 0 Å². The van der Waals surface area contributed by atoms with Gasteiger partial charge in [0.15, 0.2) is 0 Å². The topological polar surface area (TPSA) is 20.2 Å². The van der Waals surface area contributed by atoms with Crippen molar-refractivity contribution in [3.05, 3.63) is 0 Å². The fourth-order valence-corrected chi connectivity index (χ4v) is 3.53. The van der Waals surface area contributed by atoms with Crippen LogP contribution >= 0.6 is 0 Å².